The summed E-state index contributed by atoms with van der Waals surface area (Å²) in [7, 11) is 1.57. The molecule has 0 bridgehead atoms. The lowest BCUT2D eigenvalue weighted by Gasteiger charge is -2.11. The van der Waals surface area contributed by atoms with E-state index in [4.69, 9.17) is 4.74 Å². The molecule has 0 radical (unpaired) electrons. The van der Waals surface area contributed by atoms with Crippen LogP contribution >= 0.6 is 11.3 Å². The van der Waals surface area contributed by atoms with Gasteiger partial charge in [-0.15, -0.1) is 0 Å². The molecule has 0 spiro atoms. The molecule has 0 N–H and O–H groups in total. The summed E-state index contributed by atoms with van der Waals surface area (Å²) in [6, 6.07) is 14.3. The molecule has 0 fully saturated rings. The van der Waals surface area contributed by atoms with E-state index >= 15 is 0 Å². The maximum Gasteiger partial charge on any atom is 0.368 e. The van der Waals surface area contributed by atoms with E-state index < -0.39 is 0 Å². The SMILES string of the molecule is CCCCc1ccc(-c2csc(OCc3c(C)cccc3-n3nnn(C)c3=O)n2)cc1. The first-order valence-electron chi connectivity index (χ1n) is 10.3. The number of tetrazole rings is 1. The van der Waals surface area contributed by atoms with Crippen LogP contribution in [-0.4, -0.2) is 24.8 Å². The number of nitrogens with zero attached hydrogens (tertiary/aromatic N) is 5. The van der Waals surface area contributed by atoms with Crippen LogP contribution < -0.4 is 10.4 Å². The van der Waals surface area contributed by atoms with Crippen LogP contribution in [-0.2, 0) is 20.1 Å². The van der Waals surface area contributed by atoms with Gasteiger partial charge in [0, 0.05) is 23.6 Å². The second-order valence-electron chi connectivity index (χ2n) is 7.46. The Labute approximate surface area is 184 Å². The van der Waals surface area contributed by atoms with Crippen molar-refractivity contribution in [3.63, 3.8) is 0 Å². The fraction of sp³-hybridized carbons (Fsp3) is 0.304. The van der Waals surface area contributed by atoms with Gasteiger partial charge in [0.05, 0.1) is 11.4 Å². The number of aryl methyl sites for hydroxylation is 3. The first-order chi connectivity index (χ1) is 15.1. The van der Waals surface area contributed by atoms with Gasteiger partial charge in [0.25, 0.3) is 5.19 Å². The molecule has 0 atom stereocenters. The van der Waals surface area contributed by atoms with Crippen molar-refractivity contribution in [1.29, 1.82) is 0 Å². The van der Waals surface area contributed by atoms with Gasteiger partial charge in [-0.25, -0.2) is 9.78 Å². The van der Waals surface area contributed by atoms with Crippen LogP contribution in [0.25, 0.3) is 16.9 Å². The van der Waals surface area contributed by atoms with E-state index in [1.165, 1.54) is 39.1 Å². The van der Waals surface area contributed by atoms with Crippen molar-refractivity contribution in [2.45, 2.75) is 39.7 Å². The van der Waals surface area contributed by atoms with Gasteiger partial charge in [0.2, 0.25) is 0 Å². The van der Waals surface area contributed by atoms with E-state index in [0.29, 0.717) is 10.9 Å². The Balaban J connectivity index is 1.51. The Morgan fingerprint density at radius 2 is 1.90 bits per heavy atom. The molecule has 0 amide bonds. The molecule has 31 heavy (non-hydrogen) atoms. The molecular formula is C23H25N5O2S. The number of rotatable bonds is 8. The van der Waals surface area contributed by atoms with Crippen LogP contribution in [0.3, 0.4) is 0 Å². The molecule has 4 rings (SSSR count). The van der Waals surface area contributed by atoms with Crippen LogP contribution in [0.15, 0.2) is 52.6 Å². The number of benzene rings is 2. The average Bonchev–Trinajstić information content (AvgIpc) is 3.39. The molecule has 2 aromatic heterocycles. The molecule has 0 saturated heterocycles. The molecule has 0 saturated carbocycles. The van der Waals surface area contributed by atoms with Gasteiger partial charge in [-0.3, -0.25) is 0 Å². The third-order valence-electron chi connectivity index (χ3n) is 5.23. The molecule has 0 unspecified atom stereocenters. The number of hydrogen-bond donors (Lipinski definition) is 0. The summed E-state index contributed by atoms with van der Waals surface area (Å²) < 4.78 is 8.49. The first-order valence-corrected chi connectivity index (χ1v) is 11.2. The fourth-order valence-electron chi connectivity index (χ4n) is 3.35. The topological polar surface area (TPSA) is 74.8 Å². The number of hydrogen-bond acceptors (Lipinski definition) is 6. The van der Waals surface area contributed by atoms with Crippen LogP contribution in [0, 0.1) is 6.92 Å². The summed E-state index contributed by atoms with van der Waals surface area (Å²) in [5.74, 6) is 0. The fourth-order valence-corrected chi connectivity index (χ4v) is 4.03. The van der Waals surface area contributed by atoms with Gasteiger partial charge >= 0.3 is 5.69 Å². The highest BCUT2D eigenvalue weighted by Crippen LogP contribution is 2.28. The number of unbranched alkanes of at least 4 members (excludes halogenated alkanes) is 1. The zero-order valence-corrected chi connectivity index (χ0v) is 18.7. The van der Waals surface area contributed by atoms with E-state index in [1.54, 1.807) is 7.05 Å². The van der Waals surface area contributed by atoms with Crippen molar-refractivity contribution in [3.8, 4) is 22.1 Å². The molecule has 2 heterocycles. The second kappa shape index (κ2) is 9.26. The van der Waals surface area contributed by atoms with E-state index in [-0.39, 0.29) is 12.3 Å². The van der Waals surface area contributed by atoms with Gasteiger partial charge in [-0.05, 0) is 47.4 Å². The van der Waals surface area contributed by atoms with E-state index in [1.807, 2.05) is 30.5 Å². The Hall–Kier alpha value is -3.26. The lowest BCUT2D eigenvalue weighted by Crippen LogP contribution is -2.23. The maximum atomic E-state index is 12.3. The molecule has 7 nitrogen and oxygen atoms in total. The highest BCUT2D eigenvalue weighted by atomic mass is 32.1. The van der Waals surface area contributed by atoms with Crippen LogP contribution in [0.5, 0.6) is 5.19 Å². The van der Waals surface area contributed by atoms with E-state index in [2.05, 4.69) is 46.6 Å². The molecule has 8 heteroatoms. The summed E-state index contributed by atoms with van der Waals surface area (Å²) in [4.78, 5) is 16.9. The summed E-state index contributed by atoms with van der Waals surface area (Å²) in [6.45, 7) is 4.47. The number of ether oxygens (including phenoxy) is 1. The van der Waals surface area contributed by atoms with Gasteiger partial charge in [-0.1, -0.05) is 61.1 Å². The summed E-state index contributed by atoms with van der Waals surface area (Å²) in [5.41, 5.74) is 5.58. The third kappa shape index (κ3) is 4.59. The summed E-state index contributed by atoms with van der Waals surface area (Å²) in [5, 5.41) is 10.4. The predicted molar refractivity (Wildman–Crippen MR) is 122 cm³/mol. The normalized spacial score (nSPS) is 11.1. The highest BCUT2D eigenvalue weighted by Gasteiger charge is 2.14. The average molecular weight is 436 g/mol. The third-order valence-corrected chi connectivity index (χ3v) is 5.98. The number of aromatic nitrogens is 5. The Kier molecular flexibility index (Phi) is 6.27. The predicted octanol–water partition coefficient (Wildman–Crippen LogP) is 4.32. The quantitative estimate of drug-likeness (QED) is 0.412. The van der Waals surface area contributed by atoms with Crippen molar-refractivity contribution in [2.75, 3.05) is 0 Å². The van der Waals surface area contributed by atoms with Gasteiger partial charge in [0.1, 0.15) is 6.61 Å². The van der Waals surface area contributed by atoms with E-state index in [0.717, 1.165) is 28.8 Å². The highest BCUT2D eigenvalue weighted by molar-refractivity contribution is 7.11. The minimum atomic E-state index is -0.300. The second-order valence-corrected chi connectivity index (χ2v) is 8.28. The van der Waals surface area contributed by atoms with Crippen LogP contribution in [0.4, 0.5) is 0 Å². The minimum absolute atomic E-state index is 0.286. The maximum absolute atomic E-state index is 12.3. The Morgan fingerprint density at radius 3 is 2.61 bits per heavy atom. The summed E-state index contributed by atoms with van der Waals surface area (Å²) in [6.07, 6.45) is 3.51. The molecule has 0 aliphatic rings. The molecule has 160 valence electrons. The van der Waals surface area contributed by atoms with E-state index in [9.17, 15) is 4.79 Å². The van der Waals surface area contributed by atoms with Crippen LogP contribution in [0.1, 0.15) is 36.5 Å². The van der Waals surface area contributed by atoms with Crippen molar-refractivity contribution in [2.24, 2.45) is 7.05 Å². The van der Waals surface area contributed by atoms with Gasteiger partial charge in [-0.2, -0.15) is 9.36 Å². The number of thiazole rings is 1. The molecule has 0 aliphatic heterocycles. The van der Waals surface area contributed by atoms with Crippen molar-refractivity contribution < 1.29 is 4.74 Å². The van der Waals surface area contributed by atoms with Crippen LogP contribution in [0.2, 0.25) is 0 Å². The smallest absolute Gasteiger partial charge is 0.368 e. The lowest BCUT2D eigenvalue weighted by molar-refractivity contribution is 0.303. The minimum Gasteiger partial charge on any atom is -0.465 e. The van der Waals surface area contributed by atoms with Gasteiger partial charge in [0.15, 0.2) is 0 Å². The Morgan fingerprint density at radius 1 is 1.10 bits per heavy atom. The van der Waals surface area contributed by atoms with Crippen molar-refractivity contribution in [3.05, 3.63) is 75.0 Å². The molecule has 4 aromatic rings. The molecule has 2 aromatic carbocycles. The largest absolute Gasteiger partial charge is 0.465 e. The Bertz CT molecular complexity index is 1220. The monoisotopic (exact) mass is 435 g/mol. The molecular weight excluding hydrogens is 410 g/mol. The van der Waals surface area contributed by atoms with Crippen molar-refractivity contribution >= 4 is 11.3 Å². The first kappa shape index (κ1) is 21.0. The zero-order chi connectivity index (χ0) is 21.8. The summed E-state index contributed by atoms with van der Waals surface area (Å²) >= 11 is 1.46. The lowest BCUT2D eigenvalue weighted by atomic mass is 10.1. The molecule has 0 aliphatic carbocycles. The van der Waals surface area contributed by atoms with Gasteiger partial charge < -0.3 is 4.74 Å². The van der Waals surface area contributed by atoms with Crippen molar-refractivity contribution in [1.82, 2.24) is 24.8 Å². The standard InChI is InChI=1S/C23H25N5O2S/c1-4-5-8-17-10-12-18(13-11-17)20-15-31-22(24-20)30-14-19-16(2)7-6-9-21(19)28-23(29)27(3)25-26-28/h6-7,9-13,15H,4-5,8,14H2,1-3H3. The zero-order valence-electron chi connectivity index (χ0n) is 17.9.